The van der Waals surface area contributed by atoms with Gasteiger partial charge in [0, 0.05) is 13.1 Å². The normalized spacial score (nSPS) is 17.8. The number of hydrogen-bond donors (Lipinski definition) is 2. The summed E-state index contributed by atoms with van der Waals surface area (Å²) in [5.41, 5.74) is -0.460. The molecule has 2 heterocycles. The van der Waals surface area contributed by atoms with E-state index >= 15 is 0 Å². The zero-order valence-corrected chi connectivity index (χ0v) is 16.3. The Hall–Kier alpha value is -2.47. The van der Waals surface area contributed by atoms with Crippen molar-refractivity contribution >= 4 is 21.9 Å². The second kappa shape index (κ2) is 7.75. The first-order valence-corrected chi connectivity index (χ1v) is 10.5. The summed E-state index contributed by atoms with van der Waals surface area (Å²) in [5, 5.41) is 7.52. The molecule has 0 spiro atoms. The van der Waals surface area contributed by atoms with E-state index in [0.717, 1.165) is 0 Å². The van der Waals surface area contributed by atoms with E-state index in [4.69, 9.17) is 0 Å². The first kappa shape index (κ1) is 21.2. The predicted octanol–water partition coefficient (Wildman–Crippen LogP) is 2.15. The topological polar surface area (TPSA) is 108 Å². The first-order chi connectivity index (χ1) is 13.6. The quantitative estimate of drug-likeness (QED) is 0.754. The zero-order valence-electron chi connectivity index (χ0n) is 15.5. The molecule has 0 atom stereocenters. The average Bonchev–Trinajstić information content (AvgIpc) is 3.17. The highest BCUT2D eigenvalue weighted by Gasteiger charge is 2.45. The fraction of sp³-hybridized carbons (Fsp3) is 0.471. The van der Waals surface area contributed by atoms with E-state index in [1.165, 1.54) is 4.31 Å². The summed E-state index contributed by atoms with van der Waals surface area (Å²) in [6.45, 7) is 1.79. The number of carbonyl (C=O) groups is 1. The van der Waals surface area contributed by atoms with Gasteiger partial charge in [0.2, 0.25) is 27.7 Å². The molecule has 0 saturated carbocycles. The predicted molar refractivity (Wildman–Crippen MR) is 98.4 cm³/mol. The van der Waals surface area contributed by atoms with Crippen molar-refractivity contribution in [2.75, 3.05) is 24.2 Å². The van der Waals surface area contributed by atoms with Crippen molar-refractivity contribution in [3.63, 3.8) is 0 Å². The lowest BCUT2D eigenvalue weighted by Gasteiger charge is -2.40. The molecule has 12 heteroatoms. The van der Waals surface area contributed by atoms with Crippen LogP contribution in [-0.2, 0) is 26.4 Å². The van der Waals surface area contributed by atoms with Crippen LogP contribution >= 0.6 is 0 Å². The third-order valence-electron chi connectivity index (χ3n) is 5.07. The molecule has 2 aromatic rings. The van der Waals surface area contributed by atoms with E-state index in [-0.39, 0.29) is 31.7 Å². The minimum Gasteiger partial charge on any atom is -0.292 e. The summed E-state index contributed by atoms with van der Waals surface area (Å²) in [7, 11) is -3.40. The van der Waals surface area contributed by atoms with Crippen LogP contribution in [0.2, 0.25) is 0 Å². The van der Waals surface area contributed by atoms with E-state index in [2.05, 4.69) is 15.4 Å². The first-order valence-electron chi connectivity index (χ1n) is 8.93. The number of alkyl halides is 3. The third-order valence-corrected chi connectivity index (χ3v) is 6.96. The van der Waals surface area contributed by atoms with Gasteiger partial charge in [-0.1, -0.05) is 30.3 Å². The smallest absolute Gasteiger partial charge is 0.292 e. The Kier molecular flexibility index (Phi) is 5.68. The summed E-state index contributed by atoms with van der Waals surface area (Å²) in [5.74, 6) is -2.42. The van der Waals surface area contributed by atoms with Gasteiger partial charge in [-0.3, -0.25) is 15.2 Å². The summed E-state index contributed by atoms with van der Waals surface area (Å²) in [6, 6.07) is 8.74. The third kappa shape index (κ3) is 4.27. The van der Waals surface area contributed by atoms with Crippen LogP contribution in [-0.4, -0.2) is 52.7 Å². The van der Waals surface area contributed by atoms with Crippen molar-refractivity contribution < 1.29 is 26.4 Å². The molecule has 1 saturated heterocycles. The highest BCUT2D eigenvalue weighted by atomic mass is 32.2. The number of piperidine rings is 1. The lowest BCUT2D eigenvalue weighted by atomic mass is 9.72. The van der Waals surface area contributed by atoms with Crippen molar-refractivity contribution in [1.29, 1.82) is 0 Å². The Bertz CT molecular complexity index is 968. The van der Waals surface area contributed by atoms with E-state index in [1.807, 2.05) is 0 Å². The molecule has 0 radical (unpaired) electrons. The standard InChI is InChI=1S/C17H20F3N5O3S/c1-2-29(27,28)25-10-8-16(9-11-25,12-6-4-3-5-7-12)14(26)22-15-21-13(23-24-15)17(18,19)20/h3-7H,2,8-11H2,1H3,(H2,21,22,23,24,26). The second-order valence-electron chi connectivity index (χ2n) is 6.71. The molecule has 0 unspecified atom stereocenters. The van der Waals surface area contributed by atoms with Crippen LogP contribution in [0, 0.1) is 0 Å². The molecule has 0 aliphatic carbocycles. The van der Waals surface area contributed by atoms with Gasteiger partial charge < -0.3 is 0 Å². The number of benzene rings is 1. The molecular weight excluding hydrogens is 411 g/mol. The Morgan fingerprint density at radius 2 is 1.86 bits per heavy atom. The number of nitrogens with one attached hydrogen (secondary N) is 2. The van der Waals surface area contributed by atoms with Crippen molar-refractivity contribution in [3.8, 4) is 0 Å². The molecule has 0 bridgehead atoms. The van der Waals surface area contributed by atoms with Gasteiger partial charge in [0.15, 0.2) is 0 Å². The fourth-order valence-electron chi connectivity index (χ4n) is 3.40. The summed E-state index contributed by atoms with van der Waals surface area (Å²) >= 11 is 0. The van der Waals surface area contributed by atoms with Crippen LogP contribution in [0.25, 0.3) is 0 Å². The molecule has 1 fully saturated rings. The molecule has 1 aliphatic rings. The number of sulfonamides is 1. The molecule has 3 rings (SSSR count). The highest BCUT2D eigenvalue weighted by molar-refractivity contribution is 7.89. The molecule has 1 aliphatic heterocycles. The number of aromatic nitrogens is 3. The van der Waals surface area contributed by atoms with Crippen LogP contribution in [0.15, 0.2) is 30.3 Å². The SMILES string of the molecule is CCS(=O)(=O)N1CCC(C(=O)Nc2n[nH]c(C(F)(F)F)n2)(c2ccccc2)CC1. The van der Waals surface area contributed by atoms with Crippen molar-refractivity contribution in [3.05, 3.63) is 41.7 Å². The van der Waals surface area contributed by atoms with Gasteiger partial charge in [0.05, 0.1) is 11.2 Å². The molecule has 158 valence electrons. The molecule has 8 nitrogen and oxygen atoms in total. The van der Waals surface area contributed by atoms with Gasteiger partial charge >= 0.3 is 6.18 Å². The second-order valence-corrected chi connectivity index (χ2v) is 8.96. The Morgan fingerprint density at radius 1 is 1.24 bits per heavy atom. The summed E-state index contributed by atoms with van der Waals surface area (Å²) in [6.07, 6.45) is -4.36. The Balaban J connectivity index is 1.87. The van der Waals surface area contributed by atoms with Crippen LogP contribution in [0.1, 0.15) is 31.2 Å². The lowest BCUT2D eigenvalue weighted by Crippen LogP contribution is -2.51. The lowest BCUT2D eigenvalue weighted by molar-refractivity contribution is -0.144. The van der Waals surface area contributed by atoms with E-state index in [9.17, 15) is 26.4 Å². The van der Waals surface area contributed by atoms with Gasteiger partial charge in [0.25, 0.3) is 0 Å². The van der Waals surface area contributed by atoms with Crippen molar-refractivity contribution in [2.24, 2.45) is 0 Å². The number of aromatic amines is 1. The maximum atomic E-state index is 13.1. The fourth-order valence-corrected chi connectivity index (χ4v) is 4.50. The largest absolute Gasteiger partial charge is 0.451 e. The number of carbonyl (C=O) groups excluding carboxylic acids is 1. The monoisotopic (exact) mass is 431 g/mol. The van der Waals surface area contributed by atoms with Crippen LogP contribution < -0.4 is 5.32 Å². The number of amides is 1. The Labute approximate surface area is 165 Å². The molecule has 1 amide bonds. The van der Waals surface area contributed by atoms with Gasteiger partial charge in [-0.05, 0) is 25.3 Å². The van der Waals surface area contributed by atoms with E-state index in [0.29, 0.717) is 5.56 Å². The molecule has 1 aromatic heterocycles. The average molecular weight is 431 g/mol. The van der Waals surface area contributed by atoms with Crippen molar-refractivity contribution in [1.82, 2.24) is 19.5 Å². The summed E-state index contributed by atoms with van der Waals surface area (Å²) < 4.78 is 63.8. The summed E-state index contributed by atoms with van der Waals surface area (Å²) in [4.78, 5) is 16.4. The van der Waals surface area contributed by atoms with Gasteiger partial charge in [-0.25, -0.2) is 12.7 Å². The zero-order chi connectivity index (χ0) is 21.3. The number of hydrogen-bond acceptors (Lipinski definition) is 5. The van der Waals surface area contributed by atoms with E-state index in [1.54, 1.807) is 42.4 Å². The molecule has 2 N–H and O–H groups in total. The molecule has 29 heavy (non-hydrogen) atoms. The highest BCUT2D eigenvalue weighted by Crippen LogP contribution is 2.37. The maximum absolute atomic E-state index is 13.1. The van der Waals surface area contributed by atoms with Gasteiger partial charge in [0.1, 0.15) is 0 Å². The van der Waals surface area contributed by atoms with Crippen LogP contribution in [0.3, 0.4) is 0 Å². The van der Waals surface area contributed by atoms with Crippen LogP contribution in [0.4, 0.5) is 19.1 Å². The molecule has 1 aromatic carbocycles. The van der Waals surface area contributed by atoms with Gasteiger partial charge in [-0.2, -0.15) is 18.2 Å². The van der Waals surface area contributed by atoms with E-state index < -0.39 is 39.3 Å². The van der Waals surface area contributed by atoms with Crippen LogP contribution in [0.5, 0.6) is 0 Å². The van der Waals surface area contributed by atoms with Crippen molar-refractivity contribution in [2.45, 2.75) is 31.4 Å². The number of halogens is 3. The number of nitrogens with zero attached hydrogens (tertiary/aromatic N) is 3. The minimum absolute atomic E-state index is 0.0467. The number of anilines is 1. The number of rotatable bonds is 5. The number of H-pyrrole nitrogens is 1. The maximum Gasteiger partial charge on any atom is 0.451 e. The molecular formula is C17H20F3N5O3S. The Morgan fingerprint density at radius 3 is 2.38 bits per heavy atom. The minimum atomic E-state index is -4.72. The van der Waals surface area contributed by atoms with Gasteiger partial charge in [-0.15, -0.1) is 5.10 Å².